The zero-order valence-corrected chi connectivity index (χ0v) is 20.9. The highest BCUT2D eigenvalue weighted by Gasteiger charge is 2.23. The van der Waals surface area contributed by atoms with Gasteiger partial charge >= 0.3 is 0 Å². The first-order chi connectivity index (χ1) is 17.2. The van der Waals surface area contributed by atoms with Crippen molar-refractivity contribution in [2.45, 2.75) is 6.04 Å². The molecule has 186 valence electrons. The van der Waals surface area contributed by atoms with E-state index in [0.29, 0.717) is 10.8 Å². The average molecular weight is 527 g/mol. The lowest BCUT2D eigenvalue weighted by atomic mass is 10.1. The van der Waals surface area contributed by atoms with E-state index >= 15 is 0 Å². The molecule has 0 bridgehead atoms. The molecule has 13 heteroatoms. The fourth-order valence-electron chi connectivity index (χ4n) is 3.26. The van der Waals surface area contributed by atoms with E-state index in [0.717, 1.165) is 27.0 Å². The highest BCUT2D eigenvalue weighted by molar-refractivity contribution is 7.89. The predicted octanol–water partition coefficient (Wildman–Crippen LogP) is 2.26. The molecular weight excluding hydrogens is 504 g/mol. The summed E-state index contributed by atoms with van der Waals surface area (Å²) in [5.74, 6) is -1.14. The lowest BCUT2D eigenvalue weighted by Gasteiger charge is -2.16. The van der Waals surface area contributed by atoms with Gasteiger partial charge in [-0.15, -0.1) is 11.3 Å². The first-order valence-electron chi connectivity index (χ1n) is 10.6. The number of carbonyl (C=O) groups is 2. The molecule has 0 aliphatic rings. The normalized spacial score (nSPS) is 12.2. The monoisotopic (exact) mass is 526 g/mol. The molecule has 1 atom stereocenters. The Hall–Kier alpha value is -3.94. The number of nitrogens with zero attached hydrogens (tertiary/aromatic N) is 4. The maximum Gasteiger partial charge on any atom is 0.253 e. The molecule has 0 fully saturated rings. The van der Waals surface area contributed by atoms with Gasteiger partial charge < -0.3 is 15.4 Å². The molecular formula is C23H22N6O5S2. The van der Waals surface area contributed by atoms with Crippen LogP contribution in [0.1, 0.15) is 10.4 Å². The predicted molar refractivity (Wildman–Crippen MR) is 135 cm³/mol. The summed E-state index contributed by atoms with van der Waals surface area (Å²) in [5.41, 5.74) is 3.29. The number of carbonyl (C=O) groups excluding carboxylic acids is 2. The summed E-state index contributed by atoms with van der Waals surface area (Å²) in [6.45, 7) is -0.0937. The molecule has 4 aromatic rings. The topological polar surface area (TPSA) is 145 Å². The Morgan fingerprint density at radius 2 is 1.94 bits per heavy atom. The molecule has 3 aromatic heterocycles. The van der Waals surface area contributed by atoms with Gasteiger partial charge in [0.05, 0.1) is 29.8 Å². The number of rotatable bonds is 9. The Morgan fingerprint density at radius 3 is 2.61 bits per heavy atom. The van der Waals surface area contributed by atoms with Gasteiger partial charge in [0.2, 0.25) is 10.0 Å². The molecule has 36 heavy (non-hydrogen) atoms. The number of hydrogen-bond donors (Lipinski definition) is 2. The number of benzene rings is 1. The van der Waals surface area contributed by atoms with Crippen LogP contribution in [-0.4, -0.2) is 65.2 Å². The summed E-state index contributed by atoms with van der Waals surface area (Å²) in [5, 5.41) is 7.43. The van der Waals surface area contributed by atoms with E-state index in [9.17, 15) is 18.0 Å². The van der Waals surface area contributed by atoms with Crippen LogP contribution in [0.5, 0.6) is 0 Å². The van der Waals surface area contributed by atoms with Crippen LogP contribution in [0.2, 0.25) is 0 Å². The van der Waals surface area contributed by atoms with E-state index in [1.165, 1.54) is 43.2 Å². The molecule has 1 aromatic carbocycles. The lowest BCUT2D eigenvalue weighted by Crippen LogP contribution is -2.46. The number of methoxy groups -OCH3 is 1. The van der Waals surface area contributed by atoms with E-state index in [-0.39, 0.29) is 12.2 Å². The second kappa shape index (κ2) is 10.8. The molecule has 0 aliphatic heterocycles. The van der Waals surface area contributed by atoms with Crippen molar-refractivity contribution < 1.29 is 22.7 Å². The number of aromatic nitrogens is 4. The van der Waals surface area contributed by atoms with Gasteiger partial charge in [-0.25, -0.2) is 23.4 Å². The first-order valence-corrected chi connectivity index (χ1v) is 13.3. The number of hydrogen-bond acceptors (Lipinski definition) is 9. The van der Waals surface area contributed by atoms with E-state index in [1.807, 2.05) is 35.7 Å². The van der Waals surface area contributed by atoms with Crippen molar-refractivity contribution in [2.75, 3.05) is 25.3 Å². The summed E-state index contributed by atoms with van der Waals surface area (Å²) in [7, 11) is -2.13. The van der Waals surface area contributed by atoms with Gasteiger partial charge in [-0.05, 0) is 18.2 Å². The fourth-order valence-corrected chi connectivity index (χ4v) is 4.57. The van der Waals surface area contributed by atoms with Crippen LogP contribution in [0.4, 0.5) is 5.13 Å². The van der Waals surface area contributed by atoms with Crippen LogP contribution in [0.25, 0.3) is 22.5 Å². The Kier molecular flexibility index (Phi) is 7.52. The van der Waals surface area contributed by atoms with Crippen molar-refractivity contribution >= 4 is 38.3 Å². The van der Waals surface area contributed by atoms with Crippen LogP contribution in [-0.2, 0) is 19.6 Å². The highest BCUT2D eigenvalue weighted by Crippen LogP contribution is 2.28. The zero-order chi connectivity index (χ0) is 25.7. The second-order valence-electron chi connectivity index (χ2n) is 7.68. The van der Waals surface area contributed by atoms with Crippen molar-refractivity contribution in [3.63, 3.8) is 0 Å². The number of nitrogens with one attached hydrogen (secondary N) is 2. The number of ether oxygens (including phenoxy) is 1. The number of anilines is 1. The maximum atomic E-state index is 12.9. The Labute approximate surface area is 211 Å². The van der Waals surface area contributed by atoms with E-state index in [2.05, 4.69) is 25.6 Å². The molecule has 0 aliphatic carbocycles. The number of thiazole rings is 1. The van der Waals surface area contributed by atoms with Crippen LogP contribution in [0, 0.1) is 0 Å². The molecule has 0 spiro atoms. The molecule has 0 radical (unpaired) electrons. The van der Waals surface area contributed by atoms with Gasteiger partial charge in [0, 0.05) is 42.2 Å². The summed E-state index contributed by atoms with van der Waals surface area (Å²) in [6, 6.07) is 9.81. The Bertz CT molecular complexity index is 1480. The average Bonchev–Trinajstić information content (AvgIpc) is 3.55. The summed E-state index contributed by atoms with van der Waals surface area (Å²) >= 11 is 1.24. The molecule has 0 saturated heterocycles. The van der Waals surface area contributed by atoms with Crippen LogP contribution >= 0.6 is 11.3 Å². The van der Waals surface area contributed by atoms with Crippen molar-refractivity contribution in [1.29, 1.82) is 0 Å². The largest absolute Gasteiger partial charge is 0.382 e. The fraction of sp³-hybridized carbons (Fsp3) is 0.174. The van der Waals surface area contributed by atoms with Crippen LogP contribution in [0.15, 0.2) is 66.7 Å². The van der Waals surface area contributed by atoms with Crippen molar-refractivity contribution in [3.05, 3.63) is 72.3 Å². The Balaban J connectivity index is 1.45. The molecule has 3 heterocycles. The summed E-state index contributed by atoms with van der Waals surface area (Å²) in [6.07, 6.45) is 6.60. The molecule has 0 unspecified atom stereocenters. The van der Waals surface area contributed by atoms with Crippen LogP contribution < -0.4 is 10.6 Å². The zero-order valence-electron chi connectivity index (χ0n) is 19.3. The molecule has 4 rings (SSSR count). The maximum absolute atomic E-state index is 12.9. The van der Waals surface area contributed by atoms with Gasteiger partial charge in [-0.3, -0.25) is 13.6 Å². The molecule has 2 amide bonds. The van der Waals surface area contributed by atoms with Crippen LogP contribution in [0.3, 0.4) is 0 Å². The van der Waals surface area contributed by atoms with Gasteiger partial charge in [0.1, 0.15) is 12.4 Å². The van der Waals surface area contributed by atoms with Gasteiger partial charge in [-0.2, -0.15) is 0 Å². The SMILES string of the molecule is COC[C@H](NC(=O)c1ccn(S(C)(=O)=O)c1)C(=O)Nc1nc(-c2cccc(-c3ccncn3)c2)cs1. The van der Waals surface area contributed by atoms with Gasteiger partial charge in [-0.1, -0.05) is 18.2 Å². The third-order valence-corrected chi connectivity index (χ3v) is 6.79. The standard InChI is InChI=1S/C23H22N6O5S2/c1-34-12-19(26-21(30)17-7-9-29(11-17)36(2,32)33)22(31)28-23-27-20(13-35-23)16-5-3-4-15(10-16)18-6-8-24-14-25-18/h3-11,13-14,19H,12H2,1-2H3,(H,26,30)(H,27,28,31)/t19-/m0/s1. The van der Waals surface area contributed by atoms with Gasteiger partial charge in [0.15, 0.2) is 5.13 Å². The van der Waals surface area contributed by atoms with Gasteiger partial charge in [0.25, 0.3) is 11.8 Å². The van der Waals surface area contributed by atoms with E-state index < -0.39 is 27.9 Å². The molecule has 0 saturated carbocycles. The quantitative estimate of drug-likeness (QED) is 0.338. The first kappa shape index (κ1) is 25.2. The third kappa shape index (κ3) is 6.00. The smallest absolute Gasteiger partial charge is 0.253 e. The summed E-state index contributed by atoms with van der Waals surface area (Å²) < 4.78 is 29.3. The van der Waals surface area contributed by atoms with E-state index in [1.54, 1.807) is 6.20 Å². The van der Waals surface area contributed by atoms with Crippen molar-refractivity contribution in [2.24, 2.45) is 0 Å². The lowest BCUT2D eigenvalue weighted by molar-refractivity contribution is -0.119. The minimum Gasteiger partial charge on any atom is -0.382 e. The van der Waals surface area contributed by atoms with Crippen molar-refractivity contribution in [1.82, 2.24) is 24.2 Å². The number of amides is 2. The Morgan fingerprint density at radius 1 is 1.17 bits per heavy atom. The highest BCUT2D eigenvalue weighted by atomic mass is 32.2. The minimum absolute atomic E-state index is 0.0921. The molecule has 11 nitrogen and oxygen atoms in total. The summed E-state index contributed by atoms with van der Waals surface area (Å²) in [4.78, 5) is 38.1. The minimum atomic E-state index is -3.53. The molecule has 2 N–H and O–H groups in total. The van der Waals surface area contributed by atoms with Crippen molar-refractivity contribution in [3.8, 4) is 22.5 Å². The third-order valence-electron chi connectivity index (χ3n) is 5.04. The second-order valence-corrected chi connectivity index (χ2v) is 10.4. The van der Waals surface area contributed by atoms with E-state index in [4.69, 9.17) is 4.74 Å².